The SMILES string of the molecule is COc1cccc([C@H]2O[C@H](CC(=O)N3CCC(CO[PH](=O)O)CC3)C(=O)N(CC(C)(C)C)c3ccc(Cl)cc32)c1OC. The molecule has 2 amide bonds. The van der Waals surface area contributed by atoms with Crippen LogP contribution in [0.4, 0.5) is 5.69 Å². The Morgan fingerprint density at radius 1 is 1.12 bits per heavy atom. The number of likely N-dealkylation sites (tertiary alicyclic amines) is 1. The van der Waals surface area contributed by atoms with Crippen molar-refractivity contribution in [3.8, 4) is 11.5 Å². The largest absolute Gasteiger partial charge is 0.493 e. The lowest BCUT2D eigenvalue weighted by molar-refractivity contribution is -0.144. The number of methoxy groups -OCH3 is 2. The average molecular weight is 623 g/mol. The topological polar surface area (TPSA) is 115 Å². The van der Waals surface area contributed by atoms with Crippen LogP contribution in [-0.2, 0) is 23.4 Å². The number of carbonyl (C=O) groups excluding carboxylic acids is 2. The lowest BCUT2D eigenvalue weighted by Crippen LogP contribution is -2.47. The Hall–Kier alpha value is -2.62. The van der Waals surface area contributed by atoms with Gasteiger partial charge in [-0.3, -0.25) is 14.2 Å². The van der Waals surface area contributed by atoms with Crippen molar-refractivity contribution in [1.29, 1.82) is 0 Å². The zero-order valence-corrected chi connectivity index (χ0v) is 26.5. The highest BCUT2D eigenvalue weighted by atomic mass is 35.5. The summed E-state index contributed by atoms with van der Waals surface area (Å²) in [5.74, 6) is 0.571. The molecule has 2 aliphatic rings. The number of hydrogen-bond acceptors (Lipinski definition) is 7. The maximum absolute atomic E-state index is 14.2. The Kier molecular flexibility index (Phi) is 10.6. The van der Waals surface area contributed by atoms with Crippen molar-refractivity contribution in [3.63, 3.8) is 0 Å². The maximum atomic E-state index is 14.2. The number of nitrogens with zero attached hydrogens (tertiary/aromatic N) is 2. The van der Waals surface area contributed by atoms with Gasteiger partial charge in [-0.1, -0.05) is 44.5 Å². The van der Waals surface area contributed by atoms with Crippen LogP contribution in [0.3, 0.4) is 0 Å². The van der Waals surface area contributed by atoms with Crippen LogP contribution in [0.25, 0.3) is 0 Å². The Morgan fingerprint density at radius 3 is 2.45 bits per heavy atom. The molecule has 2 aromatic carbocycles. The number of anilines is 1. The summed E-state index contributed by atoms with van der Waals surface area (Å²) in [4.78, 5) is 40.2. The molecule has 0 aromatic heterocycles. The number of ether oxygens (including phenoxy) is 3. The predicted octanol–water partition coefficient (Wildman–Crippen LogP) is 5.25. The van der Waals surface area contributed by atoms with Crippen molar-refractivity contribution >= 4 is 37.4 Å². The summed E-state index contributed by atoms with van der Waals surface area (Å²) in [6, 6.07) is 10.8. The van der Waals surface area contributed by atoms with E-state index < -0.39 is 20.5 Å². The zero-order valence-electron chi connectivity index (χ0n) is 24.7. The first-order valence-corrected chi connectivity index (χ1v) is 15.7. The molecule has 12 heteroatoms. The molecule has 0 spiro atoms. The number of fused-ring (bicyclic) bond motifs is 1. The predicted molar refractivity (Wildman–Crippen MR) is 161 cm³/mol. The molecule has 0 radical (unpaired) electrons. The molecule has 1 N–H and O–H groups in total. The van der Waals surface area contributed by atoms with E-state index in [1.165, 1.54) is 0 Å². The molecule has 0 saturated carbocycles. The molecule has 1 saturated heterocycles. The Labute approximate surface area is 252 Å². The van der Waals surface area contributed by atoms with Crippen LogP contribution < -0.4 is 14.4 Å². The van der Waals surface area contributed by atoms with Gasteiger partial charge in [0.05, 0.1) is 27.2 Å². The zero-order chi connectivity index (χ0) is 30.6. The molecule has 1 fully saturated rings. The van der Waals surface area contributed by atoms with E-state index in [4.69, 9.17) is 35.2 Å². The molecule has 2 aromatic rings. The molecule has 3 atom stereocenters. The van der Waals surface area contributed by atoms with Crippen LogP contribution >= 0.6 is 19.9 Å². The number of hydrogen-bond donors (Lipinski definition) is 1. The number of benzene rings is 2. The number of para-hydroxylation sites is 1. The summed E-state index contributed by atoms with van der Waals surface area (Å²) in [5, 5.41) is 0.486. The van der Waals surface area contributed by atoms with Crippen molar-refractivity contribution in [2.24, 2.45) is 11.3 Å². The van der Waals surface area contributed by atoms with E-state index in [1.807, 2.05) is 39.0 Å². The highest BCUT2D eigenvalue weighted by Crippen LogP contribution is 2.45. The fourth-order valence-electron chi connectivity index (χ4n) is 5.53. The van der Waals surface area contributed by atoms with Crippen LogP contribution in [0, 0.1) is 11.3 Å². The summed E-state index contributed by atoms with van der Waals surface area (Å²) >= 11 is 6.49. The molecule has 2 aliphatic heterocycles. The first-order chi connectivity index (χ1) is 19.9. The van der Waals surface area contributed by atoms with Gasteiger partial charge in [0, 0.05) is 41.5 Å². The minimum Gasteiger partial charge on any atom is -0.493 e. The standard InChI is InChI=1S/C30H40ClN2O8P/c1-30(2,3)18-33-23-10-9-20(31)15-22(23)27(21-7-6-8-24(38-4)28(21)39-5)41-25(29(33)35)16-26(34)32-13-11-19(12-14-32)17-40-42(36)37/h6-10,15,19,25,27,42H,11-14,16-18H2,1-5H3,(H,36,37)/t25-,27-/m1/s1. The molecule has 2 heterocycles. The minimum absolute atomic E-state index is 0.0948. The van der Waals surface area contributed by atoms with Gasteiger partial charge in [0.2, 0.25) is 5.91 Å². The van der Waals surface area contributed by atoms with Gasteiger partial charge >= 0.3 is 8.25 Å². The molecule has 230 valence electrons. The number of rotatable bonds is 9. The fraction of sp³-hybridized carbons (Fsp3) is 0.533. The molecular formula is C30H40ClN2O8P. The number of piperidine rings is 1. The van der Waals surface area contributed by atoms with Crippen LogP contribution in [0.2, 0.25) is 5.02 Å². The second kappa shape index (κ2) is 13.8. The Bertz CT molecular complexity index is 1310. The van der Waals surface area contributed by atoms with Crippen LogP contribution in [0.1, 0.15) is 57.3 Å². The van der Waals surface area contributed by atoms with E-state index in [9.17, 15) is 14.2 Å². The Morgan fingerprint density at radius 2 is 1.83 bits per heavy atom. The quantitative estimate of drug-likeness (QED) is 0.377. The lowest BCUT2D eigenvalue weighted by atomic mass is 9.94. The Balaban J connectivity index is 1.69. The number of carbonyl (C=O) groups is 2. The van der Waals surface area contributed by atoms with Crippen molar-refractivity contribution in [2.75, 3.05) is 45.4 Å². The van der Waals surface area contributed by atoms with E-state index in [-0.39, 0.29) is 36.2 Å². The van der Waals surface area contributed by atoms with Crippen LogP contribution in [0.5, 0.6) is 11.5 Å². The van der Waals surface area contributed by atoms with Gasteiger partial charge in [0.1, 0.15) is 12.2 Å². The highest BCUT2D eigenvalue weighted by Gasteiger charge is 2.41. The molecule has 42 heavy (non-hydrogen) atoms. The molecule has 1 unspecified atom stereocenters. The van der Waals surface area contributed by atoms with Gasteiger partial charge in [-0.15, -0.1) is 0 Å². The highest BCUT2D eigenvalue weighted by molar-refractivity contribution is 7.32. The average Bonchev–Trinajstić information content (AvgIpc) is 3.05. The van der Waals surface area contributed by atoms with Crippen molar-refractivity contribution in [3.05, 3.63) is 52.5 Å². The fourth-order valence-corrected chi connectivity index (χ4v) is 6.09. The second-order valence-electron chi connectivity index (χ2n) is 11.9. The minimum atomic E-state index is -2.99. The van der Waals surface area contributed by atoms with Crippen molar-refractivity contribution in [1.82, 2.24) is 4.90 Å². The monoisotopic (exact) mass is 622 g/mol. The molecule has 4 rings (SSSR count). The van der Waals surface area contributed by atoms with Gasteiger partial charge < -0.3 is 33.4 Å². The maximum Gasteiger partial charge on any atom is 0.316 e. The summed E-state index contributed by atoms with van der Waals surface area (Å²) in [6.45, 7) is 7.66. The van der Waals surface area contributed by atoms with Crippen LogP contribution in [0.15, 0.2) is 36.4 Å². The summed E-state index contributed by atoms with van der Waals surface area (Å²) in [7, 11) is 0.110. The van der Waals surface area contributed by atoms with Crippen LogP contribution in [-0.4, -0.2) is 68.2 Å². The molecule has 0 bridgehead atoms. The normalized spacial score (nSPS) is 20.6. The smallest absolute Gasteiger partial charge is 0.316 e. The van der Waals surface area contributed by atoms with E-state index in [0.717, 1.165) is 0 Å². The number of amides is 2. The van der Waals surface area contributed by atoms with Crippen molar-refractivity contribution in [2.45, 2.75) is 52.2 Å². The first kappa shape index (κ1) is 32.3. The van der Waals surface area contributed by atoms with Gasteiger partial charge in [-0.2, -0.15) is 0 Å². The van der Waals surface area contributed by atoms with E-state index in [0.29, 0.717) is 65.8 Å². The van der Waals surface area contributed by atoms with Gasteiger partial charge in [0.15, 0.2) is 11.5 Å². The van der Waals surface area contributed by atoms with E-state index in [2.05, 4.69) is 0 Å². The lowest BCUT2D eigenvalue weighted by Gasteiger charge is -2.34. The third-order valence-electron chi connectivity index (χ3n) is 7.52. The molecular weight excluding hydrogens is 583 g/mol. The van der Waals surface area contributed by atoms with Gasteiger partial charge in [-0.05, 0) is 48.4 Å². The third kappa shape index (κ3) is 7.66. The van der Waals surface area contributed by atoms with Crippen molar-refractivity contribution < 1.29 is 37.8 Å². The van der Waals surface area contributed by atoms with Gasteiger partial charge in [0.25, 0.3) is 5.91 Å². The molecule has 10 nitrogen and oxygen atoms in total. The third-order valence-corrected chi connectivity index (χ3v) is 8.17. The summed E-state index contributed by atoms with van der Waals surface area (Å²) in [5.41, 5.74) is 1.74. The summed E-state index contributed by atoms with van der Waals surface area (Å²) in [6.07, 6.45) is -0.711. The van der Waals surface area contributed by atoms with E-state index in [1.54, 1.807) is 42.2 Å². The number of halogens is 1. The summed E-state index contributed by atoms with van der Waals surface area (Å²) < 4.78 is 33.7. The van der Waals surface area contributed by atoms with Gasteiger partial charge in [-0.25, -0.2) is 0 Å². The molecule has 0 aliphatic carbocycles. The second-order valence-corrected chi connectivity index (χ2v) is 13.1. The van der Waals surface area contributed by atoms with E-state index >= 15 is 0 Å². The first-order valence-electron chi connectivity index (χ1n) is 14.0.